The van der Waals surface area contributed by atoms with Gasteiger partial charge in [0, 0.05) is 28.6 Å². The summed E-state index contributed by atoms with van der Waals surface area (Å²) in [4.78, 5) is 14.1. The van der Waals surface area contributed by atoms with Gasteiger partial charge in [-0.25, -0.2) is 0 Å². The molecule has 1 rings (SSSR count). The van der Waals surface area contributed by atoms with Crippen molar-refractivity contribution in [3.05, 3.63) is 33.4 Å². The van der Waals surface area contributed by atoms with Gasteiger partial charge >= 0.3 is 0 Å². The molecule has 1 atom stereocenters. The molecule has 3 nitrogen and oxygen atoms in total. The zero-order valence-corrected chi connectivity index (χ0v) is 12.8. The Bertz CT molecular complexity index is 419. The lowest BCUT2D eigenvalue weighted by atomic mass is 10.1. The standard InChI is InChI=1S/C12H15IN2OS/c1-8(11(14)17)7-15(2)12(16)9-3-5-10(13)6-4-9/h3-6,8H,7H2,1-2H3,(H2,14,17). The number of benzene rings is 1. The second-order valence-corrected chi connectivity index (χ2v) is 5.71. The fourth-order valence-electron chi connectivity index (χ4n) is 1.40. The van der Waals surface area contributed by atoms with Crippen molar-refractivity contribution < 1.29 is 4.79 Å². The predicted molar refractivity (Wildman–Crippen MR) is 82.1 cm³/mol. The fourth-order valence-corrected chi connectivity index (χ4v) is 1.83. The molecule has 0 saturated carbocycles. The Labute approximate surface area is 121 Å². The van der Waals surface area contributed by atoms with Crippen molar-refractivity contribution in [2.75, 3.05) is 13.6 Å². The Hall–Kier alpha value is -0.690. The summed E-state index contributed by atoms with van der Waals surface area (Å²) in [5, 5.41) is 0. The molecule has 0 spiro atoms. The van der Waals surface area contributed by atoms with E-state index in [1.54, 1.807) is 11.9 Å². The minimum absolute atomic E-state index is 0.00972. The molecule has 92 valence electrons. The summed E-state index contributed by atoms with van der Waals surface area (Å²) < 4.78 is 1.11. The van der Waals surface area contributed by atoms with E-state index < -0.39 is 0 Å². The number of hydrogen-bond donors (Lipinski definition) is 1. The zero-order chi connectivity index (χ0) is 13.0. The number of carbonyl (C=O) groups is 1. The highest BCUT2D eigenvalue weighted by atomic mass is 127. The number of hydrogen-bond acceptors (Lipinski definition) is 2. The molecular formula is C12H15IN2OS. The molecule has 0 bridgehead atoms. The van der Waals surface area contributed by atoms with E-state index >= 15 is 0 Å². The van der Waals surface area contributed by atoms with E-state index in [2.05, 4.69) is 22.6 Å². The van der Waals surface area contributed by atoms with Crippen LogP contribution in [0.3, 0.4) is 0 Å². The maximum Gasteiger partial charge on any atom is 0.253 e. The number of nitrogens with two attached hydrogens (primary N) is 1. The average molecular weight is 362 g/mol. The third-order valence-electron chi connectivity index (χ3n) is 2.47. The molecule has 1 aromatic carbocycles. The molecule has 0 saturated heterocycles. The minimum atomic E-state index is -0.00972. The van der Waals surface area contributed by atoms with Crippen LogP contribution in [-0.4, -0.2) is 29.4 Å². The molecule has 0 aromatic heterocycles. The molecule has 17 heavy (non-hydrogen) atoms. The summed E-state index contributed by atoms with van der Waals surface area (Å²) in [6.45, 7) is 2.46. The monoisotopic (exact) mass is 362 g/mol. The van der Waals surface area contributed by atoms with Crippen molar-refractivity contribution >= 4 is 45.7 Å². The molecule has 1 unspecified atom stereocenters. The second-order valence-electron chi connectivity index (χ2n) is 4.00. The van der Waals surface area contributed by atoms with Crippen LogP contribution in [0.4, 0.5) is 0 Å². The van der Waals surface area contributed by atoms with Crippen molar-refractivity contribution in [2.45, 2.75) is 6.92 Å². The summed E-state index contributed by atoms with van der Waals surface area (Å²) in [6, 6.07) is 7.48. The SMILES string of the molecule is CC(CN(C)C(=O)c1ccc(I)cc1)C(N)=S. The van der Waals surface area contributed by atoms with E-state index in [1.807, 2.05) is 31.2 Å². The average Bonchev–Trinajstić information content (AvgIpc) is 2.28. The Balaban J connectivity index is 2.70. The lowest BCUT2D eigenvalue weighted by Crippen LogP contribution is -2.35. The molecule has 1 amide bonds. The van der Waals surface area contributed by atoms with Crippen LogP contribution in [-0.2, 0) is 0 Å². The van der Waals surface area contributed by atoms with E-state index in [0.29, 0.717) is 17.1 Å². The number of amides is 1. The smallest absolute Gasteiger partial charge is 0.253 e. The molecule has 5 heteroatoms. The molecule has 0 aliphatic heterocycles. The summed E-state index contributed by atoms with van der Waals surface area (Å²) in [6.07, 6.45) is 0. The van der Waals surface area contributed by atoms with Gasteiger partial charge < -0.3 is 10.6 Å². The van der Waals surface area contributed by atoms with Crippen LogP contribution in [0.15, 0.2) is 24.3 Å². The third-order valence-corrected chi connectivity index (χ3v) is 3.59. The molecule has 2 N–H and O–H groups in total. The van der Waals surface area contributed by atoms with Gasteiger partial charge in [-0.05, 0) is 46.9 Å². The molecule has 0 radical (unpaired) electrons. The van der Waals surface area contributed by atoms with Gasteiger partial charge in [-0.1, -0.05) is 19.1 Å². The first-order chi connectivity index (χ1) is 7.91. The largest absolute Gasteiger partial charge is 0.393 e. The van der Waals surface area contributed by atoms with Crippen LogP contribution in [0.25, 0.3) is 0 Å². The molecule has 1 aromatic rings. The van der Waals surface area contributed by atoms with Gasteiger partial charge in [0.2, 0.25) is 0 Å². The van der Waals surface area contributed by atoms with Crippen molar-refractivity contribution in [1.29, 1.82) is 0 Å². The number of nitrogens with zero attached hydrogens (tertiary/aromatic N) is 1. The molecule has 0 fully saturated rings. The van der Waals surface area contributed by atoms with Crippen molar-refractivity contribution in [3.63, 3.8) is 0 Å². The Kier molecular flexibility index (Phi) is 5.32. The Morgan fingerprint density at radius 2 is 2.00 bits per heavy atom. The van der Waals surface area contributed by atoms with Crippen LogP contribution in [0.2, 0.25) is 0 Å². The van der Waals surface area contributed by atoms with Gasteiger partial charge in [-0.15, -0.1) is 0 Å². The van der Waals surface area contributed by atoms with Crippen LogP contribution >= 0.6 is 34.8 Å². The minimum Gasteiger partial charge on any atom is -0.393 e. The van der Waals surface area contributed by atoms with E-state index in [1.165, 1.54) is 0 Å². The van der Waals surface area contributed by atoms with Gasteiger partial charge in [0.05, 0.1) is 4.99 Å². The lowest BCUT2D eigenvalue weighted by molar-refractivity contribution is 0.0787. The van der Waals surface area contributed by atoms with Crippen molar-refractivity contribution in [1.82, 2.24) is 4.90 Å². The number of thiocarbonyl (C=S) groups is 1. The van der Waals surface area contributed by atoms with Gasteiger partial charge in [-0.2, -0.15) is 0 Å². The van der Waals surface area contributed by atoms with Crippen LogP contribution < -0.4 is 5.73 Å². The van der Waals surface area contributed by atoms with Gasteiger partial charge in [0.25, 0.3) is 5.91 Å². The summed E-state index contributed by atoms with van der Waals surface area (Å²) in [5.41, 5.74) is 6.22. The highest BCUT2D eigenvalue weighted by Gasteiger charge is 2.15. The first-order valence-electron chi connectivity index (χ1n) is 5.22. The summed E-state index contributed by atoms with van der Waals surface area (Å²) in [5.74, 6) is 0.0206. The summed E-state index contributed by atoms with van der Waals surface area (Å²) in [7, 11) is 1.76. The summed E-state index contributed by atoms with van der Waals surface area (Å²) >= 11 is 7.10. The lowest BCUT2D eigenvalue weighted by Gasteiger charge is -2.21. The molecule has 0 aliphatic carbocycles. The molecule has 0 aliphatic rings. The van der Waals surface area contributed by atoms with Crippen LogP contribution in [0.5, 0.6) is 0 Å². The van der Waals surface area contributed by atoms with Gasteiger partial charge in [-0.3, -0.25) is 4.79 Å². The highest BCUT2D eigenvalue weighted by Crippen LogP contribution is 2.10. The second kappa shape index (κ2) is 6.30. The first-order valence-corrected chi connectivity index (χ1v) is 6.71. The van der Waals surface area contributed by atoms with E-state index in [9.17, 15) is 4.79 Å². The number of halogens is 1. The number of carbonyl (C=O) groups excluding carboxylic acids is 1. The van der Waals surface area contributed by atoms with E-state index in [-0.39, 0.29) is 11.8 Å². The first kappa shape index (κ1) is 14.4. The van der Waals surface area contributed by atoms with E-state index in [4.69, 9.17) is 18.0 Å². The maximum absolute atomic E-state index is 12.1. The topological polar surface area (TPSA) is 46.3 Å². The van der Waals surface area contributed by atoms with E-state index in [0.717, 1.165) is 3.57 Å². The Morgan fingerprint density at radius 3 is 2.47 bits per heavy atom. The molecule has 0 heterocycles. The van der Waals surface area contributed by atoms with Crippen LogP contribution in [0, 0.1) is 9.49 Å². The van der Waals surface area contributed by atoms with Crippen LogP contribution in [0.1, 0.15) is 17.3 Å². The zero-order valence-electron chi connectivity index (χ0n) is 9.81. The maximum atomic E-state index is 12.1. The quantitative estimate of drug-likeness (QED) is 0.661. The molecular weight excluding hydrogens is 347 g/mol. The fraction of sp³-hybridized carbons (Fsp3) is 0.333. The van der Waals surface area contributed by atoms with Gasteiger partial charge in [0.1, 0.15) is 0 Å². The Morgan fingerprint density at radius 1 is 1.47 bits per heavy atom. The van der Waals surface area contributed by atoms with Crippen molar-refractivity contribution in [2.24, 2.45) is 11.7 Å². The third kappa shape index (κ3) is 4.23. The van der Waals surface area contributed by atoms with Crippen molar-refractivity contribution in [3.8, 4) is 0 Å². The normalized spacial score (nSPS) is 11.9. The predicted octanol–water partition coefficient (Wildman–Crippen LogP) is 2.29. The van der Waals surface area contributed by atoms with Gasteiger partial charge in [0.15, 0.2) is 0 Å². The number of rotatable bonds is 4. The highest BCUT2D eigenvalue weighted by molar-refractivity contribution is 14.1.